The summed E-state index contributed by atoms with van der Waals surface area (Å²) in [7, 11) is 1.66. The van der Waals surface area contributed by atoms with Crippen molar-refractivity contribution >= 4 is 22.6 Å². The van der Waals surface area contributed by atoms with Crippen LogP contribution >= 0.6 is 0 Å². The van der Waals surface area contributed by atoms with Gasteiger partial charge in [-0.25, -0.2) is 14.6 Å². The van der Waals surface area contributed by atoms with Crippen LogP contribution in [0.5, 0.6) is 5.75 Å². The first kappa shape index (κ1) is 21.8. The second-order valence-corrected chi connectivity index (χ2v) is 8.80. The number of anilines is 1. The molecule has 0 unspecified atom stereocenters. The van der Waals surface area contributed by atoms with Crippen molar-refractivity contribution in [2.45, 2.75) is 19.3 Å². The number of hydrogen-bond acceptors (Lipinski definition) is 6. The number of aryl methyl sites for hydroxylation is 2. The summed E-state index contributed by atoms with van der Waals surface area (Å²) in [5.41, 5.74) is 12.8. The molecule has 0 fully saturated rings. The van der Waals surface area contributed by atoms with Crippen LogP contribution in [0.25, 0.3) is 28.1 Å². The van der Waals surface area contributed by atoms with E-state index in [1.54, 1.807) is 13.3 Å². The van der Waals surface area contributed by atoms with Crippen LogP contribution in [0.1, 0.15) is 27.0 Å². The van der Waals surface area contributed by atoms with E-state index < -0.39 is 0 Å². The van der Waals surface area contributed by atoms with Gasteiger partial charge in [0.1, 0.15) is 11.3 Å². The average Bonchev–Trinajstić information content (AvgIpc) is 3.51. The number of nitrogens with one attached hydrogen (secondary N) is 2. The first-order valence-corrected chi connectivity index (χ1v) is 11.8. The molecule has 2 aromatic carbocycles. The van der Waals surface area contributed by atoms with E-state index in [1.165, 1.54) is 10.2 Å². The number of benzene rings is 2. The Morgan fingerprint density at radius 1 is 1.19 bits per heavy atom. The van der Waals surface area contributed by atoms with E-state index >= 15 is 0 Å². The largest absolute Gasteiger partial charge is 0.497 e. The number of carbonyl (C=O) groups excluding carboxylic acids is 1. The summed E-state index contributed by atoms with van der Waals surface area (Å²) >= 11 is 0. The smallest absolute Gasteiger partial charge is 0.256 e. The predicted molar refractivity (Wildman–Crippen MR) is 137 cm³/mol. The fourth-order valence-electron chi connectivity index (χ4n) is 4.74. The number of nitrogens with two attached hydrogens (primary N) is 1. The van der Waals surface area contributed by atoms with Gasteiger partial charge < -0.3 is 20.8 Å². The number of fused-ring (bicyclic) bond motifs is 4. The second kappa shape index (κ2) is 8.84. The standard InChI is InChI=1S/C27H25N7O2/c1-36-19-8-9-21-16(12-19)6-7-18-14-31-27(32-24(18)21)34-15-22(25(28)33-34)26(35)29-11-10-17-13-30-23-5-3-2-4-20(17)23/h2-5,8-9,12-15,30H,6-7,10-11H2,1H3,(H2,28,33)(H,29,35). The molecule has 3 heterocycles. The van der Waals surface area contributed by atoms with Gasteiger partial charge in [0.25, 0.3) is 11.9 Å². The molecule has 3 aromatic heterocycles. The summed E-state index contributed by atoms with van der Waals surface area (Å²) in [5.74, 6) is 1.04. The molecule has 9 heteroatoms. The van der Waals surface area contributed by atoms with Gasteiger partial charge in [0.2, 0.25) is 0 Å². The summed E-state index contributed by atoms with van der Waals surface area (Å²) < 4.78 is 6.83. The third-order valence-corrected chi connectivity index (χ3v) is 6.63. The van der Waals surface area contributed by atoms with Gasteiger partial charge in [-0.2, -0.15) is 0 Å². The van der Waals surface area contributed by atoms with Gasteiger partial charge in [-0.3, -0.25) is 4.79 Å². The first-order chi connectivity index (χ1) is 17.6. The molecule has 0 radical (unpaired) electrons. The third-order valence-electron chi connectivity index (χ3n) is 6.63. The third kappa shape index (κ3) is 3.84. The first-order valence-electron chi connectivity index (χ1n) is 11.8. The summed E-state index contributed by atoms with van der Waals surface area (Å²) in [6.07, 6.45) is 7.83. The number of nitrogens with zero attached hydrogens (tertiary/aromatic N) is 4. The van der Waals surface area contributed by atoms with Crippen LogP contribution in [-0.2, 0) is 19.3 Å². The number of ether oxygens (including phenoxy) is 1. The minimum atomic E-state index is -0.283. The van der Waals surface area contributed by atoms with E-state index in [9.17, 15) is 4.79 Å². The molecule has 1 aliphatic rings. The minimum Gasteiger partial charge on any atom is -0.497 e. The number of aromatic nitrogens is 5. The predicted octanol–water partition coefficient (Wildman–Crippen LogP) is 3.47. The molecular weight excluding hydrogens is 454 g/mol. The topological polar surface area (TPSA) is 124 Å². The van der Waals surface area contributed by atoms with Crippen molar-refractivity contribution in [1.82, 2.24) is 30.0 Å². The second-order valence-electron chi connectivity index (χ2n) is 8.80. The zero-order chi connectivity index (χ0) is 24.6. The van der Waals surface area contributed by atoms with Gasteiger partial charge >= 0.3 is 0 Å². The quantitative estimate of drug-likeness (QED) is 0.343. The molecule has 180 valence electrons. The van der Waals surface area contributed by atoms with Crippen molar-refractivity contribution < 1.29 is 9.53 Å². The molecule has 0 aliphatic heterocycles. The molecule has 36 heavy (non-hydrogen) atoms. The molecule has 0 bridgehead atoms. The molecule has 0 saturated carbocycles. The zero-order valence-electron chi connectivity index (χ0n) is 19.8. The Hall–Kier alpha value is -4.66. The number of amides is 1. The monoisotopic (exact) mass is 479 g/mol. The number of para-hydroxylation sites is 1. The Labute approximate surface area is 207 Å². The van der Waals surface area contributed by atoms with Gasteiger partial charge in [0.15, 0.2) is 5.82 Å². The van der Waals surface area contributed by atoms with Gasteiger partial charge in [0, 0.05) is 41.6 Å². The lowest BCUT2D eigenvalue weighted by Gasteiger charge is -2.19. The van der Waals surface area contributed by atoms with Crippen molar-refractivity contribution in [1.29, 1.82) is 0 Å². The lowest BCUT2D eigenvalue weighted by Crippen LogP contribution is -2.26. The van der Waals surface area contributed by atoms with E-state index in [1.807, 2.05) is 48.8 Å². The zero-order valence-corrected chi connectivity index (χ0v) is 19.8. The van der Waals surface area contributed by atoms with E-state index in [-0.39, 0.29) is 11.7 Å². The van der Waals surface area contributed by atoms with E-state index in [0.29, 0.717) is 24.5 Å². The molecule has 5 aromatic rings. The molecular formula is C27H25N7O2. The molecule has 0 spiro atoms. The highest BCUT2D eigenvalue weighted by Gasteiger charge is 2.21. The van der Waals surface area contributed by atoms with Crippen molar-refractivity contribution in [2.24, 2.45) is 0 Å². The molecule has 9 nitrogen and oxygen atoms in total. The summed E-state index contributed by atoms with van der Waals surface area (Å²) in [6, 6.07) is 14.1. The maximum Gasteiger partial charge on any atom is 0.256 e. The fraction of sp³-hybridized carbons (Fsp3) is 0.185. The number of methoxy groups -OCH3 is 1. The van der Waals surface area contributed by atoms with E-state index in [4.69, 9.17) is 15.5 Å². The lowest BCUT2D eigenvalue weighted by molar-refractivity contribution is 0.0955. The molecule has 0 saturated heterocycles. The highest BCUT2D eigenvalue weighted by molar-refractivity contribution is 5.98. The molecule has 1 amide bonds. The molecule has 0 atom stereocenters. The van der Waals surface area contributed by atoms with E-state index in [0.717, 1.165) is 51.9 Å². The van der Waals surface area contributed by atoms with Crippen LogP contribution < -0.4 is 15.8 Å². The van der Waals surface area contributed by atoms with Crippen LogP contribution in [0, 0.1) is 0 Å². The molecule has 4 N–H and O–H groups in total. The SMILES string of the molecule is COc1ccc2c(c1)CCc1cnc(-n3cc(C(=O)NCCc4c[nH]c5ccccc45)c(N)n3)nc1-2. The Morgan fingerprint density at radius 2 is 2.06 bits per heavy atom. The summed E-state index contributed by atoms with van der Waals surface area (Å²) in [5, 5.41) is 8.42. The Kier molecular flexibility index (Phi) is 5.37. The average molecular weight is 480 g/mol. The number of rotatable bonds is 6. The molecule has 1 aliphatic carbocycles. The Bertz CT molecular complexity index is 1600. The number of aromatic amines is 1. The van der Waals surface area contributed by atoms with Gasteiger partial charge in [-0.15, -0.1) is 5.10 Å². The van der Waals surface area contributed by atoms with E-state index in [2.05, 4.69) is 26.4 Å². The summed E-state index contributed by atoms with van der Waals surface area (Å²) in [6.45, 7) is 0.473. The van der Waals surface area contributed by atoms with Crippen LogP contribution in [-0.4, -0.2) is 44.3 Å². The fourth-order valence-corrected chi connectivity index (χ4v) is 4.74. The van der Waals surface area contributed by atoms with Crippen molar-refractivity contribution in [3.8, 4) is 23.0 Å². The number of carbonyl (C=O) groups is 1. The molecule has 6 rings (SSSR count). The maximum atomic E-state index is 12.9. The number of hydrogen-bond donors (Lipinski definition) is 3. The highest BCUT2D eigenvalue weighted by atomic mass is 16.5. The normalized spacial score (nSPS) is 12.2. The van der Waals surface area contributed by atoms with Crippen LogP contribution in [0.3, 0.4) is 0 Å². The number of H-pyrrole nitrogens is 1. The van der Waals surface area contributed by atoms with Crippen LogP contribution in [0.2, 0.25) is 0 Å². The van der Waals surface area contributed by atoms with Crippen molar-refractivity contribution in [3.63, 3.8) is 0 Å². The maximum absolute atomic E-state index is 12.9. The van der Waals surface area contributed by atoms with Crippen molar-refractivity contribution in [2.75, 3.05) is 19.4 Å². The number of nitrogen functional groups attached to an aromatic ring is 1. The summed E-state index contributed by atoms with van der Waals surface area (Å²) in [4.78, 5) is 25.4. The van der Waals surface area contributed by atoms with Gasteiger partial charge in [-0.1, -0.05) is 18.2 Å². The van der Waals surface area contributed by atoms with Crippen LogP contribution in [0.4, 0.5) is 5.82 Å². The highest BCUT2D eigenvalue weighted by Crippen LogP contribution is 2.34. The lowest BCUT2D eigenvalue weighted by atomic mass is 9.90. The van der Waals surface area contributed by atoms with Gasteiger partial charge in [-0.05, 0) is 60.2 Å². The Morgan fingerprint density at radius 3 is 2.94 bits per heavy atom. The minimum absolute atomic E-state index is 0.131. The van der Waals surface area contributed by atoms with Crippen molar-refractivity contribution in [3.05, 3.63) is 83.3 Å². The van der Waals surface area contributed by atoms with Gasteiger partial charge in [0.05, 0.1) is 12.8 Å². The van der Waals surface area contributed by atoms with Crippen LogP contribution in [0.15, 0.2) is 61.1 Å². The Balaban J connectivity index is 1.20.